The topological polar surface area (TPSA) is 15.3 Å². The first kappa shape index (κ1) is 11.6. The summed E-state index contributed by atoms with van der Waals surface area (Å²) in [4.78, 5) is 2.01. The number of para-hydroxylation sites is 2. The van der Waals surface area contributed by atoms with Crippen molar-refractivity contribution in [3.8, 4) is 0 Å². The Morgan fingerprint density at radius 1 is 0.882 bits per heavy atom. The smallest absolute Gasteiger partial charge is 0.177 e. The van der Waals surface area contributed by atoms with E-state index in [0.29, 0.717) is 5.11 Å². The van der Waals surface area contributed by atoms with Gasteiger partial charge in [0.05, 0.1) is 0 Å². The summed E-state index contributed by atoms with van der Waals surface area (Å²) in [5, 5.41) is 3.70. The maximum atomic E-state index is 5.36. The molecule has 2 aromatic carbocycles. The zero-order valence-corrected chi connectivity index (χ0v) is 10.4. The minimum Gasteiger partial charge on any atom is -0.365 e. The van der Waals surface area contributed by atoms with Crippen LogP contribution < -0.4 is 10.2 Å². The van der Waals surface area contributed by atoms with Crippen LogP contribution in [0.5, 0.6) is 0 Å². The number of thiocarbonyl (C=S) groups is 1. The van der Waals surface area contributed by atoms with Gasteiger partial charge in [-0.3, -0.25) is 4.90 Å². The lowest BCUT2D eigenvalue weighted by Gasteiger charge is -2.24. The third kappa shape index (κ3) is 2.63. The van der Waals surface area contributed by atoms with Gasteiger partial charge >= 0.3 is 0 Å². The fraction of sp³-hybridized carbons (Fsp3) is 0.0714. The summed E-state index contributed by atoms with van der Waals surface area (Å²) >= 11 is 5.36. The molecule has 0 heterocycles. The van der Waals surface area contributed by atoms with Crippen molar-refractivity contribution in [2.24, 2.45) is 0 Å². The van der Waals surface area contributed by atoms with Crippen LogP contribution in [-0.4, -0.2) is 12.2 Å². The van der Waals surface area contributed by atoms with Gasteiger partial charge in [-0.05, 0) is 36.5 Å². The quantitative estimate of drug-likeness (QED) is 0.813. The molecule has 0 saturated carbocycles. The van der Waals surface area contributed by atoms with Crippen molar-refractivity contribution in [1.82, 2.24) is 5.32 Å². The summed E-state index contributed by atoms with van der Waals surface area (Å²) in [6, 6.07) is 20.2. The molecule has 0 spiro atoms. The molecule has 0 aliphatic heterocycles. The van der Waals surface area contributed by atoms with Crippen molar-refractivity contribution in [2.75, 3.05) is 11.9 Å². The summed E-state index contributed by atoms with van der Waals surface area (Å²) in [6.07, 6.45) is 0. The molecule has 1 N–H and O–H groups in total. The van der Waals surface area contributed by atoms with Gasteiger partial charge in [0.15, 0.2) is 5.11 Å². The highest BCUT2D eigenvalue weighted by molar-refractivity contribution is 7.80. The first-order chi connectivity index (χ1) is 8.33. The van der Waals surface area contributed by atoms with Gasteiger partial charge < -0.3 is 5.32 Å². The van der Waals surface area contributed by atoms with Crippen LogP contribution >= 0.6 is 12.2 Å². The zero-order valence-electron chi connectivity index (χ0n) is 9.63. The number of rotatable bonds is 2. The normalized spacial score (nSPS) is 9.71. The Balaban J connectivity index is 2.43. The molecule has 0 amide bonds. The Kier molecular flexibility index (Phi) is 3.73. The van der Waals surface area contributed by atoms with Gasteiger partial charge in [0.1, 0.15) is 0 Å². The molecule has 0 aliphatic rings. The number of nitrogens with one attached hydrogen (secondary N) is 1. The van der Waals surface area contributed by atoms with E-state index in [1.807, 2.05) is 72.6 Å². The number of anilines is 2. The van der Waals surface area contributed by atoms with Crippen LogP contribution in [-0.2, 0) is 0 Å². The Morgan fingerprint density at radius 3 is 1.65 bits per heavy atom. The molecule has 0 radical (unpaired) electrons. The molecule has 2 nitrogen and oxygen atoms in total. The van der Waals surface area contributed by atoms with Gasteiger partial charge in [-0.2, -0.15) is 0 Å². The minimum atomic E-state index is 0.683. The Labute approximate surface area is 107 Å². The fourth-order valence-electron chi connectivity index (χ4n) is 1.65. The average Bonchev–Trinajstić information content (AvgIpc) is 2.41. The minimum absolute atomic E-state index is 0.683. The molecule has 3 heteroatoms. The largest absolute Gasteiger partial charge is 0.365 e. The summed E-state index contributed by atoms with van der Waals surface area (Å²) in [5.74, 6) is 0. The van der Waals surface area contributed by atoms with E-state index in [9.17, 15) is 0 Å². The molecule has 0 unspecified atom stereocenters. The fourth-order valence-corrected chi connectivity index (χ4v) is 1.86. The van der Waals surface area contributed by atoms with Crippen LogP contribution in [0.3, 0.4) is 0 Å². The molecule has 0 saturated heterocycles. The van der Waals surface area contributed by atoms with Crippen molar-refractivity contribution in [2.45, 2.75) is 0 Å². The summed E-state index contributed by atoms with van der Waals surface area (Å²) in [7, 11) is 1.83. The predicted octanol–water partition coefficient (Wildman–Crippen LogP) is 3.33. The van der Waals surface area contributed by atoms with E-state index in [-0.39, 0.29) is 0 Å². The van der Waals surface area contributed by atoms with Crippen LogP contribution in [0, 0.1) is 0 Å². The molecule has 0 aliphatic carbocycles. The third-order valence-corrected chi connectivity index (χ3v) is 2.83. The molecule has 2 aromatic rings. The molecule has 17 heavy (non-hydrogen) atoms. The zero-order chi connectivity index (χ0) is 12.1. The van der Waals surface area contributed by atoms with Gasteiger partial charge in [0, 0.05) is 18.4 Å². The molecule has 0 fully saturated rings. The number of hydrogen-bond donors (Lipinski definition) is 1. The van der Waals surface area contributed by atoms with Crippen LogP contribution in [0.1, 0.15) is 0 Å². The van der Waals surface area contributed by atoms with E-state index < -0.39 is 0 Å². The lowest BCUT2D eigenvalue weighted by atomic mass is 10.2. The Morgan fingerprint density at radius 2 is 1.29 bits per heavy atom. The van der Waals surface area contributed by atoms with E-state index in [2.05, 4.69) is 5.32 Å². The summed E-state index contributed by atoms with van der Waals surface area (Å²) in [5.41, 5.74) is 2.11. The molecular weight excluding hydrogens is 228 g/mol. The van der Waals surface area contributed by atoms with Crippen molar-refractivity contribution in [1.29, 1.82) is 0 Å². The van der Waals surface area contributed by atoms with Gasteiger partial charge in [0.2, 0.25) is 0 Å². The maximum Gasteiger partial charge on any atom is 0.177 e. The lowest BCUT2D eigenvalue weighted by Crippen LogP contribution is -2.34. The third-order valence-electron chi connectivity index (χ3n) is 2.45. The highest BCUT2D eigenvalue weighted by atomic mass is 32.1. The second-order valence-electron chi connectivity index (χ2n) is 3.56. The van der Waals surface area contributed by atoms with Gasteiger partial charge in [0.25, 0.3) is 0 Å². The molecule has 0 bridgehead atoms. The second kappa shape index (κ2) is 5.46. The Bertz CT molecular complexity index is 443. The van der Waals surface area contributed by atoms with Crippen molar-refractivity contribution in [3.63, 3.8) is 0 Å². The maximum absolute atomic E-state index is 5.36. The first-order valence-corrected chi connectivity index (χ1v) is 5.85. The lowest BCUT2D eigenvalue weighted by molar-refractivity contribution is 1.15. The van der Waals surface area contributed by atoms with Crippen LogP contribution in [0.25, 0.3) is 0 Å². The Hall–Kier alpha value is -1.87. The van der Waals surface area contributed by atoms with E-state index in [0.717, 1.165) is 11.4 Å². The van der Waals surface area contributed by atoms with Crippen molar-refractivity contribution < 1.29 is 0 Å². The highest BCUT2D eigenvalue weighted by Crippen LogP contribution is 2.24. The van der Waals surface area contributed by atoms with Crippen molar-refractivity contribution in [3.05, 3.63) is 60.7 Å². The SMILES string of the molecule is CNC(=S)N(c1ccccc1)c1ccccc1. The van der Waals surface area contributed by atoms with Crippen molar-refractivity contribution >= 4 is 28.7 Å². The number of nitrogens with zero attached hydrogens (tertiary/aromatic N) is 1. The molecule has 2 rings (SSSR count). The molecular formula is C14H14N2S. The van der Waals surface area contributed by atoms with Crippen LogP contribution in [0.2, 0.25) is 0 Å². The molecule has 0 atom stereocenters. The first-order valence-electron chi connectivity index (χ1n) is 5.45. The van der Waals surface area contributed by atoms with Gasteiger partial charge in [-0.1, -0.05) is 36.4 Å². The van der Waals surface area contributed by atoms with E-state index >= 15 is 0 Å². The number of benzene rings is 2. The average molecular weight is 242 g/mol. The van der Waals surface area contributed by atoms with Crippen LogP contribution in [0.4, 0.5) is 11.4 Å². The molecule has 0 aromatic heterocycles. The standard InChI is InChI=1S/C14H14N2S/c1-15-14(17)16(12-8-4-2-5-9-12)13-10-6-3-7-11-13/h2-11H,1H3,(H,15,17). The van der Waals surface area contributed by atoms with E-state index in [1.54, 1.807) is 0 Å². The van der Waals surface area contributed by atoms with Crippen LogP contribution in [0.15, 0.2) is 60.7 Å². The second-order valence-corrected chi connectivity index (χ2v) is 3.95. The van der Waals surface area contributed by atoms with Gasteiger partial charge in [-0.15, -0.1) is 0 Å². The monoisotopic (exact) mass is 242 g/mol. The summed E-state index contributed by atoms with van der Waals surface area (Å²) < 4.78 is 0. The predicted molar refractivity (Wildman–Crippen MR) is 76.7 cm³/mol. The van der Waals surface area contributed by atoms with Gasteiger partial charge in [-0.25, -0.2) is 0 Å². The summed E-state index contributed by atoms with van der Waals surface area (Å²) in [6.45, 7) is 0. The van der Waals surface area contributed by atoms with E-state index in [1.165, 1.54) is 0 Å². The van der Waals surface area contributed by atoms with E-state index in [4.69, 9.17) is 12.2 Å². The highest BCUT2D eigenvalue weighted by Gasteiger charge is 2.12. The number of hydrogen-bond acceptors (Lipinski definition) is 1. The molecule has 86 valence electrons.